The Kier molecular flexibility index (Phi) is 3.32. The zero-order valence-electron chi connectivity index (χ0n) is 10.9. The Hall–Kier alpha value is -1.89. The second-order valence-electron chi connectivity index (χ2n) is 4.52. The highest BCUT2D eigenvalue weighted by molar-refractivity contribution is 6.30. The van der Waals surface area contributed by atoms with Crippen LogP contribution < -0.4 is 11.1 Å². The van der Waals surface area contributed by atoms with E-state index in [1.165, 1.54) is 10.8 Å². The van der Waals surface area contributed by atoms with Crippen LogP contribution in [0.2, 0.25) is 5.15 Å². The van der Waals surface area contributed by atoms with Crippen LogP contribution >= 0.6 is 11.6 Å². The molecule has 1 amide bonds. The van der Waals surface area contributed by atoms with Gasteiger partial charge in [0.25, 0.3) is 5.78 Å². The van der Waals surface area contributed by atoms with E-state index in [1.807, 2.05) is 6.92 Å². The molecule has 0 saturated heterocycles. The number of fused-ring (bicyclic) bond motifs is 1. The Balaban J connectivity index is 2.59. The summed E-state index contributed by atoms with van der Waals surface area (Å²) < 4.78 is 1.50. The molecule has 0 bridgehead atoms. The quantitative estimate of drug-likeness (QED) is 0.820. The number of amides is 1. The lowest BCUT2D eigenvalue weighted by Gasteiger charge is -2.28. The van der Waals surface area contributed by atoms with E-state index >= 15 is 0 Å². The smallest absolute Gasteiger partial charge is 0.255 e. The van der Waals surface area contributed by atoms with Crippen LogP contribution in [0.15, 0.2) is 6.33 Å². The molecule has 2 aromatic rings. The number of hydrogen-bond donors (Lipinski definition) is 2. The van der Waals surface area contributed by atoms with Crippen molar-refractivity contribution in [2.45, 2.75) is 32.7 Å². The molecule has 8 heteroatoms. The Morgan fingerprint density at radius 3 is 2.89 bits per heavy atom. The average Bonchev–Trinajstić information content (AvgIpc) is 2.82. The molecule has 0 aromatic carbocycles. The monoisotopic (exact) mass is 282 g/mol. The van der Waals surface area contributed by atoms with Crippen molar-refractivity contribution in [2.24, 2.45) is 5.73 Å². The van der Waals surface area contributed by atoms with Gasteiger partial charge in [0.15, 0.2) is 0 Å². The predicted molar refractivity (Wildman–Crippen MR) is 72.0 cm³/mol. The van der Waals surface area contributed by atoms with Crippen molar-refractivity contribution in [3.05, 3.63) is 17.0 Å². The first kappa shape index (κ1) is 13.5. The number of hydrogen-bond acceptors (Lipinski definition) is 5. The van der Waals surface area contributed by atoms with Crippen molar-refractivity contribution in [3.63, 3.8) is 0 Å². The van der Waals surface area contributed by atoms with Crippen LogP contribution in [0.4, 0.5) is 5.82 Å². The first-order chi connectivity index (χ1) is 8.89. The molecule has 0 spiro atoms. The Morgan fingerprint density at radius 1 is 1.63 bits per heavy atom. The lowest BCUT2D eigenvalue weighted by molar-refractivity contribution is -0.121. The number of nitrogens with zero attached hydrogens (tertiary/aromatic N) is 4. The summed E-state index contributed by atoms with van der Waals surface area (Å²) in [6.07, 6.45) is 1.90. The summed E-state index contributed by atoms with van der Waals surface area (Å²) in [6, 6.07) is 0. The molecule has 1 atom stereocenters. The van der Waals surface area contributed by atoms with Crippen molar-refractivity contribution in [3.8, 4) is 0 Å². The van der Waals surface area contributed by atoms with E-state index in [0.717, 1.165) is 0 Å². The molecule has 0 aliphatic carbocycles. The topological polar surface area (TPSA) is 98.2 Å². The number of aromatic nitrogens is 4. The fourth-order valence-corrected chi connectivity index (χ4v) is 1.79. The van der Waals surface area contributed by atoms with Crippen LogP contribution in [-0.2, 0) is 4.79 Å². The van der Waals surface area contributed by atoms with E-state index in [9.17, 15) is 4.79 Å². The molecule has 2 heterocycles. The number of rotatable bonds is 4. The normalized spacial score (nSPS) is 14.3. The Labute approximate surface area is 115 Å². The Morgan fingerprint density at radius 2 is 2.32 bits per heavy atom. The number of carbonyl (C=O) groups is 1. The first-order valence-corrected chi connectivity index (χ1v) is 6.20. The summed E-state index contributed by atoms with van der Waals surface area (Å²) in [5.74, 6) is 0.479. The van der Waals surface area contributed by atoms with Crippen molar-refractivity contribution in [2.75, 3.05) is 5.32 Å². The molecular formula is C11H15ClN6O. The van der Waals surface area contributed by atoms with Crippen LogP contribution in [0.1, 0.15) is 25.8 Å². The van der Waals surface area contributed by atoms with Gasteiger partial charge in [-0.1, -0.05) is 18.5 Å². The number of anilines is 1. The second-order valence-corrected chi connectivity index (χ2v) is 4.88. The molecule has 0 radical (unpaired) electrons. The van der Waals surface area contributed by atoms with Crippen LogP contribution in [0.3, 0.4) is 0 Å². The van der Waals surface area contributed by atoms with E-state index in [-0.39, 0.29) is 0 Å². The summed E-state index contributed by atoms with van der Waals surface area (Å²) in [4.78, 5) is 19.7. The van der Waals surface area contributed by atoms with E-state index in [2.05, 4.69) is 20.4 Å². The molecule has 1 unspecified atom stereocenters. The molecule has 102 valence electrons. The summed E-state index contributed by atoms with van der Waals surface area (Å²) in [6.45, 7) is 5.39. The van der Waals surface area contributed by atoms with E-state index in [4.69, 9.17) is 17.3 Å². The van der Waals surface area contributed by atoms with E-state index < -0.39 is 11.4 Å². The van der Waals surface area contributed by atoms with Gasteiger partial charge in [-0.15, -0.1) is 0 Å². The highest BCUT2D eigenvalue weighted by Gasteiger charge is 2.30. The summed E-state index contributed by atoms with van der Waals surface area (Å²) in [5, 5.41) is 7.48. The van der Waals surface area contributed by atoms with Crippen LogP contribution in [0.25, 0.3) is 5.78 Å². The number of halogens is 1. The van der Waals surface area contributed by atoms with Crippen LogP contribution in [0.5, 0.6) is 0 Å². The zero-order chi connectivity index (χ0) is 14.2. The molecule has 0 fully saturated rings. The van der Waals surface area contributed by atoms with Crippen LogP contribution in [-0.4, -0.2) is 31.0 Å². The fraction of sp³-hybridized carbons (Fsp3) is 0.455. The van der Waals surface area contributed by atoms with Gasteiger partial charge in [-0.2, -0.15) is 19.6 Å². The van der Waals surface area contributed by atoms with Gasteiger partial charge in [0.2, 0.25) is 5.91 Å². The molecule has 0 aliphatic rings. The molecular weight excluding hydrogens is 268 g/mol. The van der Waals surface area contributed by atoms with Crippen molar-refractivity contribution < 1.29 is 4.79 Å². The van der Waals surface area contributed by atoms with Gasteiger partial charge < -0.3 is 11.1 Å². The number of nitrogens with two attached hydrogens (primary N) is 1. The van der Waals surface area contributed by atoms with E-state index in [1.54, 1.807) is 13.8 Å². The highest BCUT2D eigenvalue weighted by atomic mass is 35.5. The van der Waals surface area contributed by atoms with Gasteiger partial charge in [0.05, 0.1) is 0 Å². The van der Waals surface area contributed by atoms with Gasteiger partial charge >= 0.3 is 0 Å². The number of carbonyl (C=O) groups excluding carboxylic acids is 1. The lowest BCUT2D eigenvalue weighted by atomic mass is 9.98. The van der Waals surface area contributed by atoms with Gasteiger partial charge in [-0.3, -0.25) is 4.79 Å². The van der Waals surface area contributed by atoms with Gasteiger partial charge in [0.1, 0.15) is 22.8 Å². The minimum Gasteiger partial charge on any atom is -0.368 e. The van der Waals surface area contributed by atoms with Crippen LogP contribution in [0, 0.1) is 6.92 Å². The number of primary amides is 1. The average molecular weight is 283 g/mol. The number of nitrogens with one attached hydrogen (secondary N) is 1. The predicted octanol–water partition coefficient (Wildman–Crippen LogP) is 1.15. The molecule has 7 nitrogen and oxygen atoms in total. The first-order valence-electron chi connectivity index (χ1n) is 5.83. The second kappa shape index (κ2) is 4.65. The third-order valence-corrected chi connectivity index (χ3v) is 3.62. The molecule has 2 aromatic heterocycles. The highest BCUT2D eigenvalue weighted by Crippen LogP contribution is 2.26. The molecule has 2 rings (SSSR count). The fourth-order valence-electron chi connectivity index (χ4n) is 1.63. The molecule has 3 N–H and O–H groups in total. The summed E-state index contributed by atoms with van der Waals surface area (Å²) >= 11 is 6.05. The molecule has 19 heavy (non-hydrogen) atoms. The third-order valence-electron chi connectivity index (χ3n) is 3.25. The maximum Gasteiger partial charge on any atom is 0.255 e. The van der Waals surface area contributed by atoms with Gasteiger partial charge in [-0.25, -0.2) is 0 Å². The molecule has 0 aliphatic heterocycles. The Bertz CT molecular complexity index is 639. The standard InChI is InChI=1S/C11H15ClN6O/c1-4-11(3,9(13)19)17-8-6(2)7(12)16-10-14-5-15-18(8)10/h5,17H,4H2,1-3H3,(H2,13,19). The maximum absolute atomic E-state index is 11.6. The summed E-state index contributed by atoms with van der Waals surface area (Å²) in [5.41, 5.74) is 5.23. The molecule has 0 saturated carbocycles. The third kappa shape index (κ3) is 2.21. The van der Waals surface area contributed by atoms with E-state index in [0.29, 0.717) is 28.7 Å². The van der Waals surface area contributed by atoms with Crippen molar-refractivity contribution in [1.82, 2.24) is 19.6 Å². The van der Waals surface area contributed by atoms with Gasteiger partial charge in [0, 0.05) is 5.56 Å². The largest absolute Gasteiger partial charge is 0.368 e. The lowest BCUT2D eigenvalue weighted by Crippen LogP contribution is -2.48. The zero-order valence-corrected chi connectivity index (χ0v) is 11.7. The SMILES string of the molecule is CCC(C)(Nc1c(C)c(Cl)nc2ncnn12)C(N)=O. The van der Waals surface area contributed by atoms with Crippen molar-refractivity contribution in [1.29, 1.82) is 0 Å². The minimum atomic E-state index is -0.895. The maximum atomic E-state index is 11.6. The summed E-state index contributed by atoms with van der Waals surface area (Å²) in [7, 11) is 0. The van der Waals surface area contributed by atoms with Crippen molar-refractivity contribution >= 4 is 29.1 Å². The van der Waals surface area contributed by atoms with Gasteiger partial charge in [-0.05, 0) is 20.3 Å². The minimum absolute atomic E-state index is 0.311.